The fraction of sp³-hybridized carbons (Fsp3) is 0. The molecule has 0 N–H and O–H groups in total. The van der Waals surface area contributed by atoms with Crippen LogP contribution < -0.4 is 5.43 Å². The number of hydrogen-bond donors (Lipinski definition) is 0. The Labute approximate surface area is 131 Å². The molecule has 0 amide bonds. The molecule has 0 atom stereocenters. The van der Waals surface area contributed by atoms with Crippen LogP contribution in [0.15, 0.2) is 76.1 Å². The molecule has 22 heavy (non-hydrogen) atoms. The highest BCUT2D eigenvalue weighted by Crippen LogP contribution is 2.29. The molecule has 4 aromatic rings. The summed E-state index contributed by atoms with van der Waals surface area (Å²) in [6.07, 6.45) is 1.52. The van der Waals surface area contributed by atoms with Crippen molar-refractivity contribution in [3.8, 4) is 11.1 Å². The Hall–Kier alpha value is -2.58. The second-order valence-electron chi connectivity index (χ2n) is 5.12. The average molecular weight is 307 g/mol. The van der Waals surface area contributed by atoms with Crippen LogP contribution in [-0.2, 0) is 0 Å². The number of halogens is 1. The molecule has 0 spiro atoms. The van der Waals surface area contributed by atoms with Gasteiger partial charge in [-0.05, 0) is 29.1 Å². The van der Waals surface area contributed by atoms with Crippen molar-refractivity contribution in [2.45, 2.75) is 0 Å². The molecule has 106 valence electrons. The lowest BCUT2D eigenvalue weighted by Gasteiger charge is -2.06. The van der Waals surface area contributed by atoms with Crippen molar-refractivity contribution >= 4 is 33.3 Å². The van der Waals surface area contributed by atoms with Gasteiger partial charge in [0.05, 0.1) is 10.9 Å². The molecular weight excluding hydrogens is 296 g/mol. The van der Waals surface area contributed by atoms with E-state index in [-0.39, 0.29) is 5.43 Å². The first kappa shape index (κ1) is 13.1. The molecule has 0 saturated carbocycles. The normalized spacial score (nSPS) is 11.1. The molecular formula is C19H11ClO2. The zero-order valence-electron chi connectivity index (χ0n) is 11.5. The summed E-state index contributed by atoms with van der Waals surface area (Å²) in [5.74, 6) is 0. The van der Waals surface area contributed by atoms with Gasteiger partial charge < -0.3 is 4.42 Å². The maximum absolute atomic E-state index is 13.0. The first-order valence-electron chi connectivity index (χ1n) is 6.94. The molecule has 4 rings (SSSR count). The number of hydrogen-bond acceptors (Lipinski definition) is 2. The summed E-state index contributed by atoms with van der Waals surface area (Å²) in [5, 5.41) is 2.87. The molecule has 3 aromatic carbocycles. The van der Waals surface area contributed by atoms with Crippen molar-refractivity contribution in [2.24, 2.45) is 0 Å². The van der Waals surface area contributed by atoms with Crippen molar-refractivity contribution in [3.63, 3.8) is 0 Å². The van der Waals surface area contributed by atoms with Crippen LogP contribution in [0.3, 0.4) is 0 Å². The van der Waals surface area contributed by atoms with E-state index < -0.39 is 0 Å². The van der Waals surface area contributed by atoms with Crippen LogP contribution in [0.1, 0.15) is 0 Å². The van der Waals surface area contributed by atoms with Crippen molar-refractivity contribution in [3.05, 3.63) is 82.2 Å². The SMILES string of the molecule is O=c1c(-c2ccccc2)coc2ccc3c(Cl)cccc3c12. The van der Waals surface area contributed by atoms with Crippen molar-refractivity contribution in [1.29, 1.82) is 0 Å². The van der Waals surface area contributed by atoms with Gasteiger partial charge in [0.25, 0.3) is 0 Å². The van der Waals surface area contributed by atoms with Crippen LogP contribution in [0.2, 0.25) is 5.02 Å². The molecule has 0 radical (unpaired) electrons. The van der Waals surface area contributed by atoms with Crippen LogP contribution in [0.25, 0.3) is 32.9 Å². The zero-order chi connectivity index (χ0) is 15.1. The number of benzene rings is 3. The number of rotatable bonds is 1. The molecule has 0 aliphatic rings. The first-order valence-corrected chi connectivity index (χ1v) is 7.31. The predicted octanol–water partition coefficient (Wildman–Crippen LogP) is 5.27. The predicted molar refractivity (Wildman–Crippen MR) is 90.4 cm³/mol. The van der Waals surface area contributed by atoms with E-state index in [1.165, 1.54) is 6.26 Å². The fourth-order valence-corrected chi connectivity index (χ4v) is 3.00. The van der Waals surface area contributed by atoms with Crippen molar-refractivity contribution in [2.75, 3.05) is 0 Å². The van der Waals surface area contributed by atoms with E-state index in [0.29, 0.717) is 21.6 Å². The lowest BCUT2D eigenvalue weighted by molar-refractivity contribution is 0.605. The minimum Gasteiger partial charge on any atom is -0.463 e. The van der Waals surface area contributed by atoms with E-state index in [0.717, 1.165) is 16.3 Å². The average Bonchev–Trinajstić information content (AvgIpc) is 2.56. The molecule has 1 aromatic heterocycles. The van der Waals surface area contributed by atoms with Crippen LogP contribution >= 0.6 is 11.6 Å². The summed E-state index contributed by atoms with van der Waals surface area (Å²) in [4.78, 5) is 13.0. The Bertz CT molecular complexity index is 1050. The van der Waals surface area contributed by atoms with Gasteiger partial charge in [0.15, 0.2) is 0 Å². The second-order valence-corrected chi connectivity index (χ2v) is 5.53. The summed E-state index contributed by atoms with van der Waals surface area (Å²) in [6, 6.07) is 18.8. The Morgan fingerprint density at radius 3 is 2.45 bits per heavy atom. The minimum atomic E-state index is -0.0414. The molecule has 0 saturated heterocycles. The highest BCUT2D eigenvalue weighted by atomic mass is 35.5. The summed E-state index contributed by atoms with van der Waals surface area (Å²) in [7, 11) is 0. The van der Waals surface area contributed by atoms with Crippen LogP contribution in [0.4, 0.5) is 0 Å². The van der Waals surface area contributed by atoms with Gasteiger partial charge in [-0.2, -0.15) is 0 Å². The van der Waals surface area contributed by atoms with Crippen LogP contribution in [0.5, 0.6) is 0 Å². The standard InChI is InChI=1S/C19H11ClO2/c20-16-8-4-7-14-13(16)9-10-17-18(14)19(21)15(11-22-17)12-5-2-1-3-6-12/h1-11H. The largest absolute Gasteiger partial charge is 0.463 e. The smallest absolute Gasteiger partial charge is 0.201 e. The monoisotopic (exact) mass is 306 g/mol. The van der Waals surface area contributed by atoms with Gasteiger partial charge in [0.1, 0.15) is 11.8 Å². The topological polar surface area (TPSA) is 30.2 Å². The third-order valence-corrected chi connectivity index (χ3v) is 4.16. The van der Waals surface area contributed by atoms with Gasteiger partial charge >= 0.3 is 0 Å². The van der Waals surface area contributed by atoms with Gasteiger partial charge in [-0.1, -0.05) is 54.1 Å². The van der Waals surface area contributed by atoms with Gasteiger partial charge in [-0.15, -0.1) is 0 Å². The van der Waals surface area contributed by atoms with E-state index >= 15 is 0 Å². The zero-order valence-corrected chi connectivity index (χ0v) is 12.3. The molecule has 0 fully saturated rings. The Morgan fingerprint density at radius 1 is 0.818 bits per heavy atom. The highest BCUT2D eigenvalue weighted by molar-refractivity contribution is 6.36. The molecule has 2 nitrogen and oxygen atoms in total. The molecule has 0 bridgehead atoms. The van der Waals surface area contributed by atoms with E-state index in [4.69, 9.17) is 16.0 Å². The lowest BCUT2D eigenvalue weighted by Crippen LogP contribution is -2.05. The minimum absolute atomic E-state index is 0.0414. The van der Waals surface area contributed by atoms with Crippen LogP contribution in [-0.4, -0.2) is 0 Å². The van der Waals surface area contributed by atoms with E-state index in [9.17, 15) is 4.79 Å². The molecule has 3 heteroatoms. The Morgan fingerprint density at radius 2 is 1.64 bits per heavy atom. The molecule has 0 unspecified atom stereocenters. The van der Waals surface area contributed by atoms with E-state index in [1.807, 2.05) is 54.6 Å². The Balaban J connectivity index is 2.16. The summed E-state index contributed by atoms with van der Waals surface area (Å²) >= 11 is 6.23. The maximum atomic E-state index is 13.0. The van der Waals surface area contributed by atoms with Crippen LogP contribution in [0, 0.1) is 0 Å². The van der Waals surface area contributed by atoms with E-state index in [1.54, 1.807) is 6.07 Å². The Kier molecular flexibility index (Phi) is 2.98. The van der Waals surface area contributed by atoms with Crippen molar-refractivity contribution in [1.82, 2.24) is 0 Å². The first-order chi connectivity index (χ1) is 10.8. The number of fused-ring (bicyclic) bond motifs is 3. The van der Waals surface area contributed by atoms with Crippen molar-refractivity contribution < 1.29 is 4.42 Å². The lowest BCUT2D eigenvalue weighted by atomic mass is 10.0. The second kappa shape index (κ2) is 5.00. The highest BCUT2D eigenvalue weighted by Gasteiger charge is 2.12. The third-order valence-electron chi connectivity index (χ3n) is 3.83. The maximum Gasteiger partial charge on any atom is 0.201 e. The van der Waals surface area contributed by atoms with Gasteiger partial charge in [-0.3, -0.25) is 4.79 Å². The fourth-order valence-electron chi connectivity index (χ4n) is 2.76. The molecule has 1 heterocycles. The summed E-state index contributed by atoms with van der Waals surface area (Å²) in [6.45, 7) is 0. The molecule has 0 aliphatic heterocycles. The van der Waals surface area contributed by atoms with Gasteiger partial charge in [0, 0.05) is 10.4 Å². The summed E-state index contributed by atoms with van der Waals surface area (Å²) < 4.78 is 5.68. The van der Waals surface area contributed by atoms with Gasteiger partial charge in [-0.25, -0.2) is 0 Å². The van der Waals surface area contributed by atoms with E-state index in [2.05, 4.69) is 0 Å². The van der Waals surface area contributed by atoms with Gasteiger partial charge in [0.2, 0.25) is 5.43 Å². The summed E-state index contributed by atoms with van der Waals surface area (Å²) in [5.41, 5.74) is 1.93. The third kappa shape index (κ3) is 1.92. The quantitative estimate of drug-likeness (QED) is 0.449. The molecule has 0 aliphatic carbocycles.